The van der Waals surface area contributed by atoms with Crippen LogP contribution in [0.15, 0.2) is 12.4 Å². The summed E-state index contributed by atoms with van der Waals surface area (Å²) in [6, 6.07) is 0.913. The van der Waals surface area contributed by atoms with E-state index in [0.29, 0.717) is 24.4 Å². The van der Waals surface area contributed by atoms with E-state index in [1.807, 2.05) is 29.9 Å². The van der Waals surface area contributed by atoms with Crippen LogP contribution in [0.5, 0.6) is 0 Å². The number of fused-ring (bicyclic) bond motifs is 1. The van der Waals surface area contributed by atoms with E-state index >= 15 is 0 Å². The summed E-state index contributed by atoms with van der Waals surface area (Å²) in [7, 11) is 3.94. The second kappa shape index (κ2) is 5.56. The summed E-state index contributed by atoms with van der Waals surface area (Å²) in [5, 5.41) is 4.26. The predicted molar refractivity (Wildman–Crippen MR) is 77.0 cm³/mol. The first-order chi connectivity index (χ1) is 9.65. The molecule has 0 aromatic carbocycles. The molecule has 2 fully saturated rings. The van der Waals surface area contributed by atoms with Crippen molar-refractivity contribution in [2.45, 2.75) is 50.7 Å². The average molecular weight is 276 g/mol. The topological polar surface area (TPSA) is 41.4 Å². The van der Waals surface area contributed by atoms with Crippen LogP contribution < -0.4 is 0 Å². The van der Waals surface area contributed by atoms with Crippen molar-refractivity contribution < 1.29 is 4.79 Å². The van der Waals surface area contributed by atoms with Crippen LogP contribution in [0.3, 0.4) is 0 Å². The Morgan fingerprint density at radius 3 is 2.80 bits per heavy atom. The highest BCUT2D eigenvalue weighted by molar-refractivity contribution is 5.76. The lowest BCUT2D eigenvalue weighted by Crippen LogP contribution is -2.54. The number of carbonyl (C=O) groups is 1. The van der Waals surface area contributed by atoms with Crippen molar-refractivity contribution in [3.8, 4) is 0 Å². The Hall–Kier alpha value is -1.36. The van der Waals surface area contributed by atoms with Crippen LogP contribution in [-0.2, 0) is 18.4 Å². The van der Waals surface area contributed by atoms with Crippen molar-refractivity contribution in [3.63, 3.8) is 0 Å². The molecule has 0 N–H and O–H groups in total. The van der Waals surface area contributed by atoms with E-state index in [1.165, 1.54) is 12.0 Å². The molecule has 5 heteroatoms. The van der Waals surface area contributed by atoms with Crippen molar-refractivity contribution >= 4 is 5.91 Å². The number of hydrogen-bond donors (Lipinski definition) is 0. The van der Waals surface area contributed by atoms with Crippen LogP contribution in [0.1, 0.15) is 37.7 Å². The summed E-state index contributed by atoms with van der Waals surface area (Å²) in [6.45, 7) is 2.09. The third-order valence-corrected chi connectivity index (χ3v) is 4.78. The Morgan fingerprint density at radius 1 is 1.25 bits per heavy atom. The highest BCUT2D eigenvalue weighted by Gasteiger charge is 2.37. The molecule has 110 valence electrons. The molecule has 0 radical (unpaired) electrons. The number of rotatable bonds is 2. The zero-order valence-corrected chi connectivity index (χ0v) is 12.5. The lowest BCUT2D eigenvalue weighted by Gasteiger charge is -2.43. The molecule has 1 aromatic rings. The standard InChI is InChI=1S/C15H24N4O/c1-17-10-12(9-16-17)11-19-8-4-6-13-14(19)5-3-7-15(20)18(13)2/h9-10,13-14H,3-8,11H2,1-2H3/t13-,14-/m1/s1. The Kier molecular flexibility index (Phi) is 3.78. The summed E-state index contributed by atoms with van der Waals surface area (Å²) in [5.41, 5.74) is 1.27. The molecule has 1 amide bonds. The van der Waals surface area contributed by atoms with Gasteiger partial charge >= 0.3 is 0 Å². The Bertz CT molecular complexity index is 484. The molecule has 0 aliphatic carbocycles. The smallest absolute Gasteiger partial charge is 0.222 e. The van der Waals surface area contributed by atoms with Gasteiger partial charge in [-0.25, -0.2) is 0 Å². The van der Waals surface area contributed by atoms with Crippen molar-refractivity contribution in [3.05, 3.63) is 18.0 Å². The van der Waals surface area contributed by atoms with E-state index in [-0.39, 0.29) is 0 Å². The fraction of sp³-hybridized carbons (Fsp3) is 0.733. The fourth-order valence-electron chi connectivity index (χ4n) is 3.74. The molecule has 3 heterocycles. The molecular formula is C15H24N4O. The molecule has 2 aliphatic heterocycles. The molecule has 1 aromatic heterocycles. The summed E-state index contributed by atoms with van der Waals surface area (Å²) in [6.07, 6.45) is 9.25. The molecule has 5 nitrogen and oxygen atoms in total. The largest absolute Gasteiger partial charge is 0.341 e. The molecule has 2 atom stereocenters. The first-order valence-corrected chi connectivity index (χ1v) is 7.62. The second-order valence-electron chi connectivity index (χ2n) is 6.17. The van der Waals surface area contributed by atoms with Gasteiger partial charge in [0.15, 0.2) is 0 Å². The third-order valence-electron chi connectivity index (χ3n) is 4.78. The van der Waals surface area contributed by atoms with E-state index in [0.717, 1.165) is 32.4 Å². The fourth-order valence-corrected chi connectivity index (χ4v) is 3.74. The zero-order chi connectivity index (χ0) is 14.1. The summed E-state index contributed by atoms with van der Waals surface area (Å²) in [4.78, 5) is 16.6. The minimum atomic E-state index is 0.320. The molecule has 2 saturated heterocycles. The summed E-state index contributed by atoms with van der Waals surface area (Å²) >= 11 is 0. The van der Waals surface area contributed by atoms with E-state index < -0.39 is 0 Å². The molecule has 0 bridgehead atoms. The van der Waals surface area contributed by atoms with Crippen molar-refractivity contribution in [2.75, 3.05) is 13.6 Å². The van der Waals surface area contributed by atoms with E-state index in [2.05, 4.69) is 16.2 Å². The third kappa shape index (κ3) is 2.59. The molecule has 3 rings (SSSR count). The van der Waals surface area contributed by atoms with E-state index in [1.54, 1.807) is 0 Å². The maximum atomic E-state index is 12.0. The van der Waals surface area contributed by atoms with Gasteiger partial charge < -0.3 is 4.90 Å². The van der Waals surface area contributed by atoms with Crippen molar-refractivity contribution in [1.82, 2.24) is 19.6 Å². The summed E-state index contributed by atoms with van der Waals surface area (Å²) in [5.74, 6) is 0.320. The number of aryl methyl sites for hydroxylation is 1. The van der Waals surface area contributed by atoms with Crippen molar-refractivity contribution in [1.29, 1.82) is 0 Å². The van der Waals surface area contributed by atoms with Gasteiger partial charge in [-0.1, -0.05) is 0 Å². The molecule has 0 unspecified atom stereocenters. The van der Waals surface area contributed by atoms with Crippen LogP contribution in [0.2, 0.25) is 0 Å². The lowest BCUT2D eigenvalue weighted by molar-refractivity contribution is -0.133. The minimum absolute atomic E-state index is 0.320. The van der Waals surface area contributed by atoms with Gasteiger partial charge in [-0.05, 0) is 32.2 Å². The predicted octanol–water partition coefficient (Wildman–Crippen LogP) is 1.40. The zero-order valence-electron chi connectivity index (χ0n) is 12.5. The van der Waals surface area contributed by atoms with Crippen LogP contribution >= 0.6 is 0 Å². The first kappa shape index (κ1) is 13.6. The quantitative estimate of drug-likeness (QED) is 0.820. The number of hydrogen-bond acceptors (Lipinski definition) is 3. The second-order valence-corrected chi connectivity index (χ2v) is 6.17. The molecular weight excluding hydrogens is 252 g/mol. The highest BCUT2D eigenvalue weighted by atomic mass is 16.2. The van der Waals surface area contributed by atoms with Gasteiger partial charge in [-0.3, -0.25) is 14.4 Å². The Morgan fingerprint density at radius 2 is 2.05 bits per heavy atom. The van der Waals surface area contributed by atoms with E-state index in [9.17, 15) is 4.79 Å². The molecule has 0 spiro atoms. The van der Waals surface area contributed by atoms with Crippen molar-refractivity contribution in [2.24, 2.45) is 7.05 Å². The maximum absolute atomic E-state index is 12.0. The normalized spacial score (nSPS) is 28.3. The number of carbonyl (C=O) groups excluding carboxylic acids is 1. The first-order valence-electron chi connectivity index (χ1n) is 7.62. The van der Waals surface area contributed by atoms with Gasteiger partial charge in [0.2, 0.25) is 5.91 Å². The Labute approximate surface area is 120 Å². The average Bonchev–Trinajstić information content (AvgIpc) is 2.78. The van der Waals surface area contributed by atoms with Crippen LogP contribution in [0.25, 0.3) is 0 Å². The summed E-state index contributed by atoms with van der Waals surface area (Å²) < 4.78 is 1.86. The number of amides is 1. The highest BCUT2D eigenvalue weighted by Crippen LogP contribution is 2.29. The SMILES string of the molecule is CN1C(=O)CCC[C@@H]2[C@H]1CCCN2Cc1cnn(C)c1. The number of nitrogens with zero attached hydrogens (tertiary/aromatic N) is 4. The Balaban J connectivity index is 1.76. The minimum Gasteiger partial charge on any atom is -0.341 e. The van der Waals surface area contributed by atoms with Gasteiger partial charge in [-0.2, -0.15) is 5.10 Å². The number of piperidine rings is 1. The number of likely N-dealkylation sites (N-methyl/N-ethyl adjacent to an activating group) is 1. The van der Waals surface area contributed by atoms with Gasteiger partial charge in [0.05, 0.1) is 6.20 Å². The number of aromatic nitrogens is 2. The van der Waals surface area contributed by atoms with Gasteiger partial charge in [0.25, 0.3) is 0 Å². The molecule has 2 aliphatic rings. The molecule has 0 saturated carbocycles. The van der Waals surface area contributed by atoms with Gasteiger partial charge in [-0.15, -0.1) is 0 Å². The maximum Gasteiger partial charge on any atom is 0.222 e. The number of likely N-dealkylation sites (tertiary alicyclic amines) is 2. The van der Waals surface area contributed by atoms with Crippen LogP contribution in [0, 0.1) is 0 Å². The van der Waals surface area contributed by atoms with Crippen LogP contribution in [0.4, 0.5) is 0 Å². The van der Waals surface area contributed by atoms with Gasteiger partial charge in [0, 0.05) is 50.9 Å². The van der Waals surface area contributed by atoms with Gasteiger partial charge in [0.1, 0.15) is 0 Å². The van der Waals surface area contributed by atoms with E-state index in [4.69, 9.17) is 0 Å². The van der Waals surface area contributed by atoms with Crippen LogP contribution in [-0.4, -0.2) is 51.2 Å². The molecule has 20 heavy (non-hydrogen) atoms. The lowest BCUT2D eigenvalue weighted by atomic mass is 9.92. The monoisotopic (exact) mass is 276 g/mol.